The summed E-state index contributed by atoms with van der Waals surface area (Å²) in [5.74, 6) is 0.644. The first-order valence-electron chi connectivity index (χ1n) is 7.34. The van der Waals surface area contributed by atoms with E-state index in [9.17, 15) is 4.79 Å². The first-order chi connectivity index (χ1) is 12.1. The van der Waals surface area contributed by atoms with Crippen molar-refractivity contribution in [2.45, 2.75) is 0 Å². The Morgan fingerprint density at radius 1 is 1.20 bits per heavy atom. The molecular formula is C16H13Cl2N5O2. The van der Waals surface area contributed by atoms with Crippen molar-refractivity contribution in [1.29, 1.82) is 0 Å². The summed E-state index contributed by atoms with van der Waals surface area (Å²) in [7, 11) is 0. The van der Waals surface area contributed by atoms with Gasteiger partial charge in [0.2, 0.25) is 0 Å². The van der Waals surface area contributed by atoms with Crippen molar-refractivity contribution < 1.29 is 9.32 Å². The number of pyridine rings is 2. The summed E-state index contributed by atoms with van der Waals surface area (Å²) in [6, 6.07) is 6.75. The molecule has 3 rings (SSSR count). The Kier molecular flexibility index (Phi) is 5.47. The second-order valence-electron chi connectivity index (χ2n) is 4.98. The van der Waals surface area contributed by atoms with Crippen molar-refractivity contribution >= 4 is 34.9 Å². The number of anilines is 1. The van der Waals surface area contributed by atoms with E-state index in [4.69, 9.17) is 27.7 Å². The smallest absolute Gasteiger partial charge is 0.273 e. The lowest BCUT2D eigenvalue weighted by molar-refractivity contribution is 0.0946. The molecular weight excluding hydrogens is 365 g/mol. The van der Waals surface area contributed by atoms with E-state index in [1.807, 2.05) is 6.07 Å². The highest BCUT2D eigenvalue weighted by Crippen LogP contribution is 2.22. The zero-order valence-electron chi connectivity index (χ0n) is 12.9. The van der Waals surface area contributed by atoms with Gasteiger partial charge in [-0.3, -0.25) is 9.78 Å². The molecule has 0 atom stereocenters. The zero-order valence-corrected chi connectivity index (χ0v) is 14.4. The van der Waals surface area contributed by atoms with Crippen LogP contribution in [0.5, 0.6) is 0 Å². The lowest BCUT2D eigenvalue weighted by atomic mass is 10.2. The Balaban J connectivity index is 1.50. The van der Waals surface area contributed by atoms with Crippen molar-refractivity contribution in [2.75, 3.05) is 18.4 Å². The molecule has 3 heterocycles. The Bertz CT molecular complexity index is 870. The van der Waals surface area contributed by atoms with Crippen LogP contribution in [0.4, 0.5) is 5.82 Å². The molecule has 0 aliphatic rings. The molecule has 0 radical (unpaired) electrons. The Hall–Kier alpha value is -2.64. The number of rotatable bonds is 6. The molecule has 0 aliphatic heterocycles. The third kappa shape index (κ3) is 4.46. The minimum Gasteiger partial charge on any atom is -0.367 e. The maximum atomic E-state index is 12.1. The third-order valence-corrected chi connectivity index (χ3v) is 3.69. The standard InChI is InChI=1S/C16H13Cl2N5O2/c17-11-6-12(18)15(22-9-11)20-4-5-21-16(24)13-7-14(25-23-13)10-2-1-3-19-8-10/h1-3,6-9H,4-5H2,(H,20,22)(H,21,24). The van der Waals surface area contributed by atoms with Crippen LogP contribution in [0.1, 0.15) is 10.5 Å². The first kappa shape index (κ1) is 17.2. The molecule has 3 aromatic rings. The van der Waals surface area contributed by atoms with Gasteiger partial charge < -0.3 is 15.2 Å². The van der Waals surface area contributed by atoms with Gasteiger partial charge >= 0.3 is 0 Å². The molecule has 0 saturated heterocycles. The highest BCUT2D eigenvalue weighted by molar-refractivity contribution is 6.35. The van der Waals surface area contributed by atoms with Crippen LogP contribution in [0.15, 0.2) is 47.4 Å². The molecule has 25 heavy (non-hydrogen) atoms. The lowest BCUT2D eigenvalue weighted by Crippen LogP contribution is -2.29. The number of halogens is 2. The van der Waals surface area contributed by atoms with Gasteiger partial charge in [0.1, 0.15) is 5.82 Å². The van der Waals surface area contributed by atoms with E-state index in [1.54, 1.807) is 30.6 Å². The van der Waals surface area contributed by atoms with Gasteiger partial charge in [-0.05, 0) is 18.2 Å². The van der Waals surface area contributed by atoms with Gasteiger partial charge in [-0.2, -0.15) is 0 Å². The average Bonchev–Trinajstić information content (AvgIpc) is 3.11. The van der Waals surface area contributed by atoms with E-state index >= 15 is 0 Å². The van der Waals surface area contributed by atoms with Crippen LogP contribution in [0.2, 0.25) is 10.0 Å². The average molecular weight is 378 g/mol. The maximum Gasteiger partial charge on any atom is 0.273 e. The summed E-state index contributed by atoms with van der Waals surface area (Å²) in [4.78, 5) is 20.1. The van der Waals surface area contributed by atoms with Crippen LogP contribution in [0, 0.1) is 0 Å². The third-order valence-electron chi connectivity index (χ3n) is 3.20. The predicted molar refractivity (Wildman–Crippen MR) is 94.8 cm³/mol. The number of hydrogen-bond donors (Lipinski definition) is 2. The van der Waals surface area contributed by atoms with Gasteiger partial charge in [-0.25, -0.2) is 4.98 Å². The normalized spacial score (nSPS) is 10.5. The zero-order chi connectivity index (χ0) is 17.6. The van der Waals surface area contributed by atoms with Gasteiger partial charge in [0.05, 0.1) is 10.0 Å². The summed E-state index contributed by atoms with van der Waals surface area (Å²) >= 11 is 11.8. The summed E-state index contributed by atoms with van der Waals surface area (Å²) in [6.45, 7) is 0.794. The van der Waals surface area contributed by atoms with E-state index in [1.165, 1.54) is 6.20 Å². The SMILES string of the molecule is O=C(NCCNc1ncc(Cl)cc1Cl)c1cc(-c2cccnc2)on1. The number of amides is 1. The van der Waals surface area contributed by atoms with Gasteiger partial charge in [0.15, 0.2) is 11.5 Å². The summed E-state index contributed by atoms with van der Waals surface area (Å²) in [6.07, 6.45) is 4.78. The number of carbonyl (C=O) groups excluding carboxylic acids is 1. The van der Waals surface area contributed by atoms with Crippen LogP contribution in [-0.2, 0) is 0 Å². The molecule has 0 saturated carbocycles. The van der Waals surface area contributed by atoms with Crippen molar-refractivity contribution in [1.82, 2.24) is 20.4 Å². The molecule has 9 heteroatoms. The summed E-state index contributed by atoms with van der Waals surface area (Å²) in [5, 5.41) is 10.4. The quantitative estimate of drug-likeness (QED) is 0.640. The number of carbonyl (C=O) groups is 1. The van der Waals surface area contributed by atoms with Crippen molar-refractivity contribution in [3.05, 3.63) is 58.6 Å². The fourth-order valence-electron chi connectivity index (χ4n) is 2.02. The molecule has 1 amide bonds. The summed E-state index contributed by atoms with van der Waals surface area (Å²) < 4.78 is 5.17. The molecule has 0 aromatic carbocycles. The topological polar surface area (TPSA) is 92.9 Å². The number of hydrogen-bond acceptors (Lipinski definition) is 6. The van der Waals surface area contributed by atoms with Gasteiger partial charge in [0, 0.05) is 43.3 Å². The van der Waals surface area contributed by atoms with Crippen LogP contribution in [0.3, 0.4) is 0 Å². The highest BCUT2D eigenvalue weighted by atomic mass is 35.5. The predicted octanol–water partition coefficient (Wildman–Crippen LogP) is 3.28. The minimum absolute atomic E-state index is 0.196. The Labute approximate surface area is 153 Å². The maximum absolute atomic E-state index is 12.1. The van der Waals surface area contributed by atoms with Crippen molar-refractivity contribution in [2.24, 2.45) is 0 Å². The van der Waals surface area contributed by atoms with E-state index in [0.717, 1.165) is 5.56 Å². The molecule has 0 bridgehead atoms. The van der Waals surface area contributed by atoms with Gasteiger partial charge in [-0.1, -0.05) is 28.4 Å². The van der Waals surface area contributed by atoms with Crippen molar-refractivity contribution in [3.8, 4) is 11.3 Å². The van der Waals surface area contributed by atoms with E-state index in [0.29, 0.717) is 34.7 Å². The van der Waals surface area contributed by atoms with Gasteiger partial charge in [-0.15, -0.1) is 0 Å². The monoisotopic (exact) mass is 377 g/mol. The van der Waals surface area contributed by atoms with Crippen molar-refractivity contribution in [3.63, 3.8) is 0 Å². The largest absolute Gasteiger partial charge is 0.367 e. The molecule has 7 nitrogen and oxygen atoms in total. The molecule has 0 fully saturated rings. The van der Waals surface area contributed by atoms with E-state index in [-0.39, 0.29) is 11.6 Å². The minimum atomic E-state index is -0.337. The molecule has 128 valence electrons. The molecule has 0 spiro atoms. The molecule has 3 aromatic heterocycles. The second-order valence-corrected chi connectivity index (χ2v) is 5.83. The first-order valence-corrected chi connectivity index (χ1v) is 8.09. The van der Waals surface area contributed by atoms with Crippen LogP contribution < -0.4 is 10.6 Å². The molecule has 2 N–H and O–H groups in total. The molecule has 0 unspecified atom stereocenters. The van der Waals surface area contributed by atoms with E-state index < -0.39 is 0 Å². The van der Waals surface area contributed by atoms with E-state index in [2.05, 4.69) is 25.8 Å². The Morgan fingerprint density at radius 3 is 2.84 bits per heavy atom. The second kappa shape index (κ2) is 7.96. The number of nitrogens with one attached hydrogen (secondary N) is 2. The fourth-order valence-corrected chi connectivity index (χ4v) is 2.47. The van der Waals surface area contributed by atoms with Gasteiger partial charge in [0.25, 0.3) is 5.91 Å². The summed E-state index contributed by atoms with van der Waals surface area (Å²) in [5.41, 5.74) is 0.945. The molecule has 0 aliphatic carbocycles. The number of nitrogens with zero attached hydrogens (tertiary/aromatic N) is 3. The number of aromatic nitrogens is 3. The van der Waals surface area contributed by atoms with Crippen LogP contribution in [-0.4, -0.2) is 34.1 Å². The fraction of sp³-hybridized carbons (Fsp3) is 0.125. The Morgan fingerprint density at radius 2 is 2.08 bits per heavy atom. The highest BCUT2D eigenvalue weighted by Gasteiger charge is 2.13. The van der Waals surface area contributed by atoms with Crippen LogP contribution in [0.25, 0.3) is 11.3 Å². The van der Waals surface area contributed by atoms with Crippen LogP contribution >= 0.6 is 23.2 Å². The lowest BCUT2D eigenvalue weighted by Gasteiger charge is -2.07.